The Balaban J connectivity index is 2.11. The van der Waals surface area contributed by atoms with Crippen LogP contribution in [-0.2, 0) is 11.2 Å². The van der Waals surface area contributed by atoms with E-state index in [-0.39, 0.29) is 11.9 Å². The van der Waals surface area contributed by atoms with E-state index in [0.717, 1.165) is 36.8 Å². The van der Waals surface area contributed by atoms with E-state index in [1.807, 2.05) is 13.0 Å². The molecule has 3 N–H and O–H groups in total. The molecule has 1 amide bonds. The maximum Gasteiger partial charge on any atom is 0.222 e. The van der Waals surface area contributed by atoms with Crippen molar-refractivity contribution in [2.45, 2.75) is 39.2 Å². The lowest BCUT2D eigenvalue weighted by Gasteiger charge is -2.13. The van der Waals surface area contributed by atoms with Gasteiger partial charge in [-0.1, -0.05) is 6.92 Å². The summed E-state index contributed by atoms with van der Waals surface area (Å²) in [5, 5.41) is 9.31. The van der Waals surface area contributed by atoms with Crippen LogP contribution in [0.25, 0.3) is 0 Å². The molecule has 6 nitrogen and oxygen atoms in total. The van der Waals surface area contributed by atoms with E-state index < -0.39 is 0 Å². The molecule has 1 atom stereocenters. The minimum Gasteiger partial charge on any atom is -0.370 e. The summed E-state index contributed by atoms with van der Waals surface area (Å²) in [6.45, 7) is 5.62. The largest absolute Gasteiger partial charge is 0.370 e. The van der Waals surface area contributed by atoms with Crippen LogP contribution in [0.3, 0.4) is 0 Å². The van der Waals surface area contributed by atoms with E-state index in [1.165, 1.54) is 0 Å². The number of nitrogens with one attached hydrogen (secondary N) is 3. The molecule has 0 aromatic carbocycles. The normalized spacial score (nSPS) is 18.2. The van der Waals surface area contributed by atoms with Crippen LogP contribution in [0.1, 0.15) is 32.5 Å². The third-order valence-corrected chi connectivity index (χ3v) is 2.93. The van der Waals surface area contributed by atoms with Crippen molar-refractivity contribution in [3.63, 3.8) is 0 Å². The molecule has 1 unspecified atom stereocenters. The molecule has 0 spiro atoms. The number of carbonyl (C=O) groups excluding carboxylic acids is 1. The van der Waals surface area contributed by atoms with Crippen LogP contribution in [0.5, 0.6) is 0 Å². The molecule has 0 aliphatic carbocycles. The summed E-state index contributed by atoms with van der Waals surface area (Å²) in [4.78, 5) is 20.1. The molecular weight excluding hydrogens is 242 g/mol. The first-order valence-corrected chi connectivity index (χ1v) is 6.86. The Morgan fingerprint density at radius 3 is 2.79 bits per heavy atom. The van der Waals surface area contributed by atoms with Gasteiger partial charge in [0.25, 0.3) is 0 Å². The van der Waals surface area contributed by atoms with Gasteiger partial charge in [0.15, 0.2) is 0 Å². The maximum atomic E-state index is 11.2. The summed E-state index contributed by atoms with van der Waals surface area (Å²) in [5.41, 5.74) is 0. The van der Waals surface area contributed by atoms with Crippen LogP contribution in [-0.4, -0.2) is 35.0 Å². The highest BCUT2D eigenvalue weighted by Crippen LogP contribution is 2.15. The lowest BCUT2D eigenvalue weighted by molar-refractivity contribution is -0.119. The molecule has 1 aliphatic rings. The third-order valence-electron chi connectivity index (χ3n) is 2.93. The van der Waals surface area contributed by atoms with Crippen molar-refractivity contribution in [3.05, 3.63) is 11.9 Å². The van der Waals surface area contributed by atoms with E-state index in [9.17, 15) is 4.79 Å². The van der Waals surface area contributed by atoms with E-state index >= 15 is 0 Å². The Bertz CT molecular complexity index is 424. The average Bonchev–Trinajstić information content (AvgIpc) is 2.75. The van der Waals surface area contributed by atoms with Gasteiger partial charge in [0, 0.05) is 32.0 Å². The SMILES string of the molecule is CCCc1nc(NCC)cc(NC2CNC(=O)C2)n1. The highest BCUT2D eigenvalue weighted by Gasteiger charge is 2.21. The summed E-state index contributed by atoms with van der Waals surface area (Å²) < 4.78 is 0. The number of aryl methyl sites for hydroxylation is 1. The Hall–Kier alpha value is -1.85. The Labute approximate surface area is 113 Å². The first-order chi connectivity index (χ1) is 9.21. The van der Waals surface area contributed by atoms with Gasteiger partial charge in [0.2, 0.25) is 5.91 Å². The second kappa shape index (κ2) is 6.36. The van der Waals surface area contributed by atoms with Gasteiger partial charge in [0.1, 0.15) is 17.5 Å². The van der Waals surface area contributed by atoms with E-state index in [2.05, 4.69) is 32.8 Å². The van der Waals surface area contributed by atoms with Gasteiger partial charge in [-0.05, 0) is 13.3 Å². The minimum atomic E-state index is 0.0900. The van der Waals surface area contributed by atoms with Crippen LogP contribution in [0.2, 0.25) is 0 Å². The number of nitrogens with zero attached hydrogens (tertiary/aromatic N) is 2. The number of hydrogen-bond acceptors (Lipinski definition) is 5. The van der Waals surface area contributed by atoms with Crippen LogP contribution in [0.4, 0.5) is 11.6 Å². The Morgan fingerprint density at radius 1 is 1.37 bits per heavy atom. The zero-order chi connectivity index (χ0) is 13.7. The van der Waals surface area contributed by atoms with Crippen LogP contribution < -0.4 is 16.0 Å². The third kappa shape index (κ3) is 3.81. The van der Waals surface area contributed by atoms with E-state index in [0.29, 0.717) is 13.0 Å². The molecule has 0 bridgehead atoms. The fourth-order valence-corrected chi connectivity index (χ4v) is 2.09. The van der Waals surface area contributed by atoms with Crippen molar-refractivity contribution >= 4 is 17.5 Å². The van der Waals surface area contributed by atoms with Gasteiger partial charge in [-0.3, -0.25) is 4.79 Å². The van der Waals surface area contributed by atoms with Gasteiger partial charge in [-0.2, -0.15) is 0 Å². The van der Waals surface area contributed by atoms with E-state index in [4.69, 9.17) is 0 Å². The summed E-state index contributed by atoms with van der Waals surface area (Å²) in [6, 6.07) is 2.01. The number of anilines is 2. The lowest BCUT2D eigenvalue weighted by atomic mass is 10.2. The second-order valence-corrected chi connectivity index (χ2v) is 4.68. The predicted octanol–water partition coefficient (Wildman–Crippen LogP) is 1.16. The first kappa shape index (κ1) is 13.6. The molecule has 0 radical (unpaired) electrons. The summed E-state index contributed by atoms with van der Waals surface area (Å²) >= 11 is 0. The molecule has 6 heteroatoms. The summed E-state index contributed by atoms with van der Waals surface area (Å²) in [6.07, 6.45) is 2.37. The molecular formula is C13H21N5O. The molecule has 1 fully saturated rings. The van der Waals surface area contributed by atoms with Crippen molar-refractivity contribution < 1.29 is 4.79 Å². The lowest BCUT2D eigenvalue weighted by Crippen LogP contribution is -2.23. The fraction of sp³-hybridized carbons (Fsp3) is 0.615. The standard InChI is InChI=1S/C13H21N5O/c1-3-5-10-17-11(14-4-2)7-12(18-10)16-9-6-13(19)15-8-9/h7,9H,3-6,8H2,1-2H3,(H,15,19)(H2,14,16,17,18). The first-order valence-electron chi connectivity index (χ1n) is 6.86. The van der Waals surface area contributed by atoms with Crippen molar-refractivity contribution in [3.8, 4) is 0 Å². The molecule has 2 rings (SSSR count). The zero-order valence-corrected chi connectivity index (χ0v) is 11.5. The number of amides is 1. The monoisotopic (exact) mass is 263 g/mol. The number of carbonyl (C=O) groups is 1. The van der Waals surface area contributed by atoms with Gasteiger partial charge in [-0.15, -0.1) is 0 Å². The van der Waals surface area contributed by atoms with Crippen LogP contribution in [0, 0.1) is 0 Å². The number of rotatable bonds is 6. The topological polar surface area (TPSA) is 78.9 Å². The van der Waals surface area contributed by atoms with Gasteiger partial charge < -0.3 is 16.0 Å². The maximum absolute atomic E-state index is 11.2. The molecule has 1 aromatic heterocycles. The fourth-order valence-electron chi connectivity index (χ4n) is 2.09. The quantitative estimate of drug-likeness (QED) is 0.718. The van der Waals surface area contributed by atoms with Gasteiger partial charge in [-0.25, -0.2) is 9.97 Å². The highest BCUT2D eigenvalue weighted by atomic mass is 16.1. The molecule has 1 aromatic rings. The summed E-state index contributed by atoms with van der Waals surface area (Å²) in [5.74, 6) is 2.55. The minimum absolute atomic E-state index is 0.0900. The molecule has 0 saturated carbocycles. The molecule has 2 heterocycles. The molecule has 104 valence electrons. The molecule has 1 saturated heterocycles. The van der Waals surface area contributed by atoms with Crippen molar-refractivity contribution in [2.24, 2.45) is 0 Å². The summed E-state index contributed by atoms with van der Waals surface area (Å²) in [7, 11) is 0. The zero-order valence-electron chi connectivity index (χ0n) is 11.5. The highest BCUT2D eigenvalue weighted by molar-refractivity contribution is 5.79. The van der Waals surface area contributed by atoms with Gasteiger partial charge >= 0.3 is 0 Å². The van der Waals surface area contributed by atoms with Crippen molar-refractivity contribution in [1.82, 2.24) is 15.3 Å². The molecule has 19 heavy (non-hydrogen) atoms. The van der Waals surface area contributed by atoms with Gasteiger partial charge in [0.05, 0.1) is 6.04 Å². The van der Waals surface area contributed by atoms with Crippen molar-refractivity contribution in [2.75, 3.05) is 23.7 Å². The number of aromatic nitrogens is 2. The van der Waals surface area contributed by atoms with Crippen molar-refractivity contribution in [1.29, 1.82) is 0 Å². The average molecular weight is 263 g/mol. The van der Waals surface area contributed by atoms with Crippen LogP contribution in [0.15, 0.2) is 6.07 Å². The van der Waals surface area contributed by atoms with Crippen LogP contribution >= 0.6 is 0 Å². The Kier molecular flexibility index (Phi) is 4.54. The smallest absolute Gasteiger partial charge is 0.222 e. The number of hydrogen-bond donors (Lipinski definition) is 3. The molecule has 1 aliphatic heterocycles. The Morgan fingerprint density at radius 2 is 2.16 bits per heavy atom. The van der Waals surface area contributed by atoms with E-state index in [1.54, 1.807) is 0 Å². The second-order valence-electron chi connectivity index (χ2n) is 4.68. The predicted molar refractivity (Wildman–Crippen MR) is 75.2 cm³/mol.